The van der Waals surface area contributed by atoms with E-state index < -0.39 is 10.0 Å². The molecule has 0 unspecified atom stereocenters. The van der Waals surface area contributed by atoms with E-state index in [0.717, 1.165) is 18.4 Å². The summed E-state index contributed by atoms with van der Waals surface area (Å²) in [5, 5.41) is 3.04. The molecule has 31 heavy (non-hydrogen) atoms. The second-order valence-corrected chi connectivity index (χ2v) is 9.88. The third kappa shape index (κ3) is 4.35. The first-order valence-corrected chi connectivity index (χ1v) is 11.9. The molecule has 0 aromatic heterocycles. The fraction of sp³-hybridized carbons (Fsp3) is 0.240. The molecule has 3 aromatic rings. The van der Waals surface area contributed by atoms with Crippen LogP contribution in [0.4, 0.5) is 5.69 Å². The van der Waals surface area contributed by atoms with Crippen molar-refractivity contribution >= 4 is 21.6 Å². The highest BCUT2D eigenvalue weighted by molar-refractivity contribution is 7.92. The van der Waals surface area contributed by atoms with Crippen LogP contribution in [-0.4, -0.2) is 21.4 Å². The quantitative estimate of drug-likeness (QED) is 0.622. The number of sulfonamides is 1. The molecule has 1 aliphatic rings. The second kappa shape index (κ2) is 8.55. The molecule has 4 rings (SSSR count). The zero-order chi connectivity index (χ0) is 22.0. The summed E-state index contributed by atoms with van der Waals surface area (Å²) in [5.74, 6) is -0.187. The van der Waals surface area contributed by atoms with Crippen LogP contribution in [0.5, 0.6) is 0 Å². The number of carbonyl (C=O) groups is 1. The molecule has 0 heterocycles. The zero-order valence-electron chi connectivity index (χ0n) is 17.7. The molecule has 0 radical (unpaired) electrons. The summed E-state index contributed by atoms with van der Waals surface area (Å²) in [6.07, 6.45) is 3.43. The molecule has 0 fully saturated rings. The zero-order valence-corrected chi connectivity index (χ0v) is 18.5. The van der Waals surface area contributed by atoms with Crippen LogP contribution in [0.3, 0.4) is 0 Å². The summed E-state index contributed by atoms with van der Waals surface area (Å²) in [6.45, 7) is 1.98. The van der Waals surface area contributed by atoms with Gasteiger partial charge in [-0.2, -0.15) is 0 Å². The van der Waals surface area contributed by atoms with Crippen molar-refractivity contribution in [1.29, 1.82) is 0 Å². The summed E-state index contributed by atoms with van der Waals surface area (Å²) in [6, 6.07) is 21.2. The lowest BCUT2D eigenvalue weighted by molar-refractivity contribution is 0.0940. The van der Waals surface area contributed by atoms with Gasteiger partial charge in [0.05, 0.1) is 16.6 Å². The molecule has 5 nitrogen and oxygen atoms in total. The highest BCUT2D eigenvalue weighted by atomic mass is 32.2. The predicted molar refractivity (Wildman–Crippen MR) is 123 cm³/mol. The van der Waals surface area contributed by atoms with Gasteiger partial charge in [0, 0.05) is 12.6 Å². The molecule has 1 atom stereocenters. The van der Waals surface area contributed by atoms with Gasteiger partial charge in [-0.05, 0) is 79.3 Å². The summed E-state index contributed by atoms with van der Waals surface area (Å²) in [5.41, 5.74) is 4.87. The van der Waals surface area contributed by atoms with Crippen LogP contribution in [0.1, 0.15) is 46.4 Å². The molecule has 0 saturated carbocycles. The van der Waals surface area contributed by atoms with Gasteiger partial charge in [0.25, 0.3) is 15.9 Å². The third-order valence-corrected chi connectivity index (χ3v) is 7.66. The summed E-state index contributed by atoms with van der Waals surface area (Å²) in [7, 11) is -2.15. The Balaban J connectivity index is 1.46. The Labute approximate surface area is 183 Å². The molecular weight excluding hydrogens is 408 g/mol. The number of nitrogens with zero attached hydrogens (tertiary/aromatic N) is 1. The van der Waals surface area contributed by atoms with E-state index in [4.69, 9.17) is 0 Å². The maximum Gasteiger partial charge on any atom is 0.264 e. The van der Waals surface area contributed by atoms with Crippen molar-refractivity contribution in [2.24, 2.45) is 0 Å². The number of amides is 1. The first kappa shape index (κ1) is 21.1. The van der Waals surface area contributed by atoms with Crippen LogP contribution < -0.4 is 9.62 Å². The van der Waals surface area contributed by atoms with Crippen LogP contribution in [0.2, 0.25) is 0 Å². The Hall–Kier alpha value is -3.12. The molecule has 1 N–H and O–H groups in total. The smallest absolute Gasteiger partial charge is 0.264 e. The van der Waals surface area contributed by atoms with Crippen LogP contribution in [-0.2, 0) is 22.9 Å². The average molecular weight is 435 g/mol. The van der Waals surface area contributed by atoms with Crippen molar-refractivity contribution in [3.05, 3.63) is 95.1 Å². The minimum Gasteiger partial charge on any atom is -0.346 e. The van der Waals surface area contributed by atoms with Crippen LogP contribution >= 0.6 is 0 Å². The van der Waals surface area contributed by atoms with Gasteiger partial charge in [0.1, 0.15) is 0 Å². The van der Waals surface area contributed by atoms with E-state index in [1.54, 1.807) is 54.6 Å². The van der Waals surface area contributed by atoms with E-state index in [1.807, 2.05) is 6.92 Å². The van der Waals surface area contributed by atoms with E-state index in [9.17, 15) is 13.2 Å². The Morgan fingerprint density at radius 1 is 0.935 bits per heavy atom. The molecular formula is C25H26N2O3S. The summed E-state index contributed by atoms with van der Waals surface area (Å²) < 4.78 is 26.8. The lowest BCUT2D eigenvalue weighted by Gasteiger charge is -2.20. The van der Waals surface area contributed by atoms with Crippen LogP contribution in [0, 0.1) is 0 Å². The van der Waals surface area contributed by atoms with Crippen LogP contribution in [0.25, 0.3) is 0 Å². The van der Waals surface area contributed by atoms with Crippen molar-refractivity contribution in [1.82, 2.24) is 5.32 Å². The SMILES string of the molecule is C[C@H](NC(=O)c1ccc(N(C)S(=O)(=O)c2ccccc2)cc1)c1ccc2c(c1)CCC2. The standard InChI is InChI=1S/C25H26N2O3S/c1-18(21-12-11-19-7-6-8-22(19)17-21)26-25(28)20-13-15-23(16-14-20)27(2)31(29,30)24-9-4-3-5-10-24/h3-5,9-18H,6-8H2,1-2H3,(H,26,28)/t18-/m0/s1. The van der Waals surface area contributed by atoms with Gasteiger partial charge in [0.15, 0.2) is 0 Å². The van der Waals surface area contributed by atoms with Gasteiger partial charge >= 0.3 is 0 Å². The highest BCUT2D eigenvalue weighted by Crippen LogP contribution is 2.26. The van der Waals surface area contributed by atoms with Crippen LogP contribution in [0.15, 0.2) is 77.7 Å². The van der Waals surface area contributed by atoms with E-state index in [0.29, 0.717) is 11.3 Å². The molecule has 6 heteroatoms. The first-order valence-electron chi connectivity index (χ1n) is 10.4. The number of hydrogen-bond donors (Lipinski definition) is 1. The largest absolute Gasteiger partial charge is 0.346 e. The Morgan fingerprint density at radius 2 is 1.61 bits per heavy atom. The number of carbonyl (C=O) groups excluding carboxylic acids is 1. The molecule has 0 saturated heterocycles. The van der Waals surface area contributed by atoms with Gasteiger partial charge in [-0.15, -0.1) is 0 Å². The minimum atomic E-state index is -3.65. The number of fused-ring (bicyclic) bond motifs is 1. The van der Waals surface area contributed by atoms with Gasteiger partial charge in [0.2, 0.25) is 0 Å². The fourth-order valence-corrected chi connectivity index (χ4v) is 5.15. The Morgan fingerprint density at radius 3 is 2.32 bits per heavy atom. The average Bonchev–Trinajstić information content (AvgIpc) is 3.27. The molecule has 3 aromatic carbocycles. The molecule has 0 spiro atoms. The highest BCUT2D eigenvalue weighted by Gasteiger charge is 2.21. The van der Waals surface area contributed by atoms with Crippen molar-refractivity contribution in [2.75, 3.05) is 11.4 Å². The Bertz CT molecular complexity index is 1190. The van der Waals surface area contributed by atoms with E-state index in [-0.39, 0.29) is 16.8 Å². The van der Waals surface area contributed by atoms with Gasteiger partial charge in [-0.3, -0.25) is 9.10 Å². The number of anilines is 1. The monoisotopic (exact) mass is 434 g/mol. The van der Waals surface area contributed by atoms with E-state index >= 15 is 0 Å². The molecule has 0 aliphatic heterocycles. The van der Waals surface area contributed by atoms with Gasteiger partial charge in [-0.1, -0.05) is 36.4 Å². The number of hydrogen-bond acceptors (Lipinski definition) is 3. The Kier molecular flexibility index (Phi) is 5.83. The number of nitrogens with one attached hydrogen (secondary N) is 1. The topological polar surface area (TPSA) is 66.5 Å². The maximum absolute atomic E-state index is 12.8. The molecule has 1 aliphatic carbocycles. The van der Waals surface area contributed by atoms with Gasteiger partial charge in [-0.25, -0.2) is 8.42 Å². The predicted octanol–water partition coefficient (Wildman–Crippen LogP) is 4.49. The van der Waals surface area contributed by atoms with Crippen molar-refractivity contribution in [2.45, 2.75) is 37.1 Å². The second-order valence-electron chi connectivity index (χ2n) is 7.91. The molecule has 1 amide bonds. The summed E-state index contributed by atoms with van der Waals surface area (Å²) >= 11 is 0. The number of benzene rings is 3. The molecule has 0 bridgehead atoms. The van der Waals surface area contributed by atoms with E-state index in [1.165, 1.54) is 28.9 Å². The minimum absolute atomic E-state index is 0.112. The summed E-state index contributed by atoms with van der Waals surface area (Å²) in [4.78, 5) is 12.9. The lowest BCUT2D eigenvalue weighted by atomic mass is 10.0. The van der Waals surface area contributed by atoms with Crippen molar-refractivity contribution < 1.29 is 13.2 Å². The third-order valence-electron chi connectivity index (χ3n) is 5.86. The fourth-order valence-electron chi connectivity index (χ4n) is 3.94. The maximum atomic E-state index is 12.8. The number of rotatable bonds is 6. The number of aryl methyl sites for hydroxylation is 2. The normalized spacial score (nSPS) is 14.0. The molecule has 160 valence electrons. The van der Waals surface area contributed by atoms with Crippen molar-refractivity contribution in [3.63, 3.8) is 0 Å². The van der Waals surface area contributed by atoms with E-state index in [2.05, 4.69) is 23.5 Å². The lowest BCUT2D eigenvalue weighted by Crippen LogP contribution is -2.28. The first-order chi connectivity index (χ1) is 14.9. The van der Waals surface area contributed by atoms with Gasteiger partial charge < -0.3 is 5.32 Å². The van der Waals surface area contributed by atoms with Crippen molar-refractivity contribution in [3.8, 4) is 0 Å².